The lowest BCUT2D eigenvalue weighted by atomic mass is 9.80. The third-order valence-electron chi connectivity index (χ3n) is 3.98. The van der Waals surface area contributed by atoms with Crippen LogP contribution >= 0.6 is 11.6 Å². The average Bonchev–Trinajstić information content (AvgIpc) is 2.75. The quantitative estimate of drug-likeness (QED) is 0.665. The first-order valence-corrected chi connectivity index (χ1v) is 6.20. The number of halogens is 1. The summed E-state index contributed by atoms with van der Waals surface area (Å²) in [4.78, 5) is 28.1. The van der Waals surface area contributed by atoms with Gasteiger partial charge in [0.1, 0.15) is 0 Å². The van der Waals surface area contributed by atoms with Crippen molar-refractivity contribution < 1.29 is 9.59 Å². The number of nitrogens with zero attached hydrogens (tertiary/aromatic N) is 2. The summed E-state index contributed by atoms with van der Waals surface area (Å²) in [5.41, 5.74) is 0.494. The van der Waals surface area contributed by atoms with Gasteiger partial charge in [-0.2, -0.15) is 0 Å². The van der Waals surface area contributed by atoms with Crippen molar-refractivity contribution >= 4 is 29.1 Å². The molecule has 18 heavy (non-hydrogen) atoms. The zero-order valence-electron chi connectivity index (χ0n) is 10.2. The number of benzene rings is 1. The molecule has 2 aliphatic rings. The minimum absolute atomic E-state index is 0.125. The van der Waals surface area contributed by atoms with E-state index in [2.05, 4.69) is 0 Å². The van der Waals surface area contributed by atoms with E-state index in [1.807, 2.05) is 0 Å². The molecule has 0 aromatic heterocycles. The van der Waals surface area contributed by atoms with Gasteiger partial charge in [-0.25, -0.2) is 0 Å². The normalized spacial score (nSPS) is 26.4. The molecule has 4 nitrogen and oxygen atoms in total. The molecule has 5 heteroatoms. The summed E-state index contributed by atoms with van der Waals surface area (Å²) in [5, 5.41) is 0.554. The van der Waals surface area contributed by atoms with Crippen LogP contribution in [0.25, 0.3) is 0 Å². The molecule has 1 atom stereocenters. The average molecular weight is 265 g/mol. The van der Waals surface area contributed by atoms with Gasteiger partial charge in [-0.05, 0) is 24.6 Å². The Morgan fingerprint density at radius 2 is 1.94 bits per heavy atom. The van der Waals surface area contributed by atoms with E-state index in [0.717, 1.165) is 11.3 Å². The van der Waals surface area contributed by atoms with Crippen LogP contribution in [0.3, 0.4) is 0 Å². The molecule has 0 bridgehead atoms. The molecule has 2 heterocycles. The molecule has 1 unspecified atom stereocenters. The van der Waals surface area contributed by atoms with Crippen molar-refractivity contribution in [1.29, 1.82) is 0 Å². The van der Waals surface area contributed by atoms with Crippen molar-refractivity contribution in [1.82, 2.24) is 4.90 Å². The number of carbonyl (C=O) groups excluding carboxylic acids is 2. The third-order valence-corrected chi connectivity index (χ3v) is 4.22. The van der Waals surface area contributed by atoms with Crippen LogP contribution in [0.2, 0.25) is 5.02 Å². The molecule has 3 rings (SSSR count). The largest absolute Gasteiger partial charge is 0.344 e. The summed E-state index contributed by atoms with van der Waals surface area (Å²) < 4.78 is 0. The van der Waals surface area contributed by atoms with Crippen molar-refractivity contribution in [2.24, 2.45) is 0 Å². The fraction of sp³-hybridized carbons (Fsp3) is 0.385. The molecule has 94 valence electrons. The summed E-state index contributed by atoms with van der Waals surface area (Å²) in [6.45, 7) is 0.602. The molecule has 2 aliphatic heterocycles. The topological polar surface area (TPSA) is 40.6 Å². The Kier molecular flexibility index (Phi) is 2.23. The number of amides is 2. The molecule has 1 aromatic carbocycles. The van der Waals surface area contributed by atoms with Crippen LogP contribution in [0.5, 0.6) is 0 Å². The Morgan fingerprint density at radius 1 is 1.22 bits per heavy atom. The Labute approximate surface area is 110 Å². The number of likely N-dealkylation sites (tertiary alicyclic amines) is 1. The highest BCUT2D eigenvalue weighted by atomic mass is 35.5. The van der Waals surface area contributed by atoms with Crippen LogP contribution in [0.15, 0.2) is 18.2 Å². The molecule has 0 N–H and O–H groups in total. The number of fused-ring (bicyclic) bond motifs is 2. The number of rotatable bonds is 0. The molecule has 0 aliphatic carbocycles. The molecule has 1 fully saturated rings. The molecule has 1 spiro atoms. The van der Waals surface area contributed by atoms with Crippen molar-refractivity contribution in [2.45, 2.75) is 11.8 Å². The highest BCUT2D eigenvalue weighted by molar-refractivity contribution is 6.31. The maximum atomic E-state index is 12.5. The molecule has 1 saturated heterocycles. The Morgan fingerprint density at radius 3 is 2.56 bits per heavy atom. The first-order valence-electron chi connectivity index (χ1n) is 5.82. The number of hydrogen-bond donors (Lipinski definition) is 0. The Balaban J connectivity index is 2.27. The van der Waals surface area contributed by atoms with Gasteiger partial charge in [-0.1, -0.05) is 11.6 Å². The molecular formula is C13H13ClN2O2. The fourth-order valence-electron chi connectivity index (χ4n) is 2.97. The SMILES string of the molecule is CN1CCC2(C1=O)C(=O)N(C)c1ccc(Cl)cc12. The monoisotopic (exact) mass is 264 g/mol. The van der Waals surface area contributed by atoms with E-state index >= 15 is 0 Å². The second-order valence-electron chi connectivity index (χ2n) is 4.91. The van der Waals surface area contributed by atoms with Gasteiger partial charge in [0.15, 0.2) is 5.41 Å². The first-order chi connectivity index (χ1) is 8.48. The smallest absolute Gasteiger partial charge is 0.247 e. The minimum Gasteiger partial charge on any atom is -0.344 e. The van der Waals surface area contributed by atoms with Crippen LogP contribution in [0, 0.1) is 0 Å². The summed E-state index contributed by atoms with van der Waals surface area (Å²) in [6.07, 6.45) is 0.527. The second-order valence-corrected chi connectivity index (χ2v) is 5.34. The highest BCUT2D eigenvalue weighted by Crippen LogP contribution is 2.47. The molecule has 0 saturated carbocycles. The van der Waals surface area contributed by atoms with E-state index in [1.54, 1.807) is 42.1 Å². The minimum atomic E-state index is -1.04. The van der Waals surface area contributed by atoms with Gasteiger partial charge in [0.05, 0.1) is 0 Å². The molecule has 2 amide bonds. The van der Waals surface area contributed by atoms with E-state index in [9.17, 15) is 9.59 Å². The number of carbonyl (C=O) groups is 2. The van der Waals surface area contributed by atoms with Crippen LogP contribution in [-0.2, 0) is 15.0 Å². The van der Waals surface area contributed by atoms with Gasteiger partial charge < -0.3 is 9.80 Å². The van der Waals surface area contributed by atoms with Crippen LogP contribution in [0.4, 0.5) is 5.69 Å². The summed E-state index contributed by atoms with van der Waals surface area (Å²) in [7, 11) is 3.43. The highest BCUT2D eigenvalue weighted by Gasteiger charge is 2.59. The van der Waals surface area contributed by atoms with Gasteiger partial charge >= 0.3 is 0 Å². The predicted octanol–water partition coefficient (Wildman–Crippen LogP) is 1.42. The van der Waals surface area contributed by atoms with E-state index in [4.69, 9.17) is 11.6 Å². The molecule has 0 radical (unpaired) electrons. The van der Waals surface area contributed by atoms with E-state index < -0.39 is 5.41 Å². The van der Waals surface area contributed by atoms with Gasteiger partial charge in [0, 0.05) is 36.9 Å². The summed E-state index contributed by atoms with van der Waals surface area (Å²) in [5.74, 6) is -0.269. The van der Waals surface area contributed by atoms with Crippen molar-refractivity contribution in [3.8, 4) is 0 Å². The number of likely N-dealkylation sites (N-methyl/N-ethyl adjacent to an activating group) is 2. The molecule has 1 aromatic rings. The maximum absolute atomic E-state index is 12.5. The lowest BCUT2D eigenvalue weighted by molar-refractivity contribution is -0.137. The van der Waals surface area contributed by atoms with Gasteiger partial charge in [0.2, 0.25) is 11.8 Å². The van der Waals surface area contributed by atoms with E-state index in [0.29, 0.717) is 18.0 Å². The number of hydrogen-bond acceptors (Lipinski definition) is 2. The Hall–Kier alpha value is -1.55. The lowest BCUT2D eigenvalue weighted by Gasteiger charge is -2.20. The van der Waals surface area contributed by atoms with Crippen LogP contribution < -0.4 is 4.90 Å². The third kappa shape index (κ3) is 1.16. The van der Waals surface area contributed by atoms with E-state index in [1.165, 1.54) is 0 Å². The predicted molar refractivity (Wildman–Crippen MR) is 68.8 cm³/mol. The van der Waals surface area contributed by atoms with Crippen molar-refractivity contribution in [2.75, 3.05) is 25.5 Å². The van der Waals surface area contributed by atoms with Crippen molar-refractivity contribution in [3.05, 3.63) is 28.8 Å². The van der Waals surface area contributed by atoms with E-state index in [-0.39, 0.29) is 11.8 Å². The van der Waals surface area contributed by atoms with Gasteiger partial charge in [-0.15, -0.1) is 0 Å². The second kappa shape index (κ2) is 3.48. The summed E-state index contributed by atoms with van der Waals surface area (Å²) >= 11 is 6.01. The Bertz CT molecular complexity index is 572. The van der Waals surface area contributed by atoms with Gasteiger partial charge in [0.25, 0.3) is 0 Å². The van der Waals surface area contributed by atoms with Crippen LogP contribution in [0.1, 0.15) is 12.0 Å². The van der Waals surface area contributed by atoms with Gasteiger partial charge in [-0.3, -0.25) is 9.59 Å². The zero-order chi connectivity index (χ0) is 13.1. The fourth-order valence-corrected chi connectivity index (χ4v) is 3.14. The van der Waals surface area contributed by atoms with Crippen LogP contribution in [-0.4, -0.2) is 37.4 Å². The molecular weight excluding hydrogens is 252 g/mol. The lowest BCUT2D eigenvalue weighted by Crippen LogP contribution is -2.44. The van der Waals surface area contributed by atoms with Crippen molar-refractivity contribution in [3.63, 3.8) is 0 Å². The number of anilines is 1. The maximum Gasteiger partial charge on any atom is 0.247 e. The zero-order valence-corrected chi connectivity index (χ0v) is 11.0. The first kappa shape index (κ1) is 11.5. The summed E-state index contributed by atoms with van der Waals surface area (Å²) in [6, 6.07) is 5.29. The standard InChI is InChI=1S/C13H13ClN2O2/c1-15-6-5-13(11(15)17)9-7-8(14)3-4-10(9)16(2)12(13)18/h3-4,7H,5-6H2,1-2H3.